The monoisotopic (exact) mass is 464 g/mol. The lowest BCUT2D eigenvalue weighted by molar-refractivity contribution is -0.152. The van der Waals surface area contributed by atoms with Gasteiger partial charge >= 0.3 is 5.97 Å². The fourth-order valence-electron chi connectivity index (χ4n) is 3.60. The Kier molecular flexibility index (Phi) is 7.77. The van der Waals surface area contributed by atoms with Crippen molar-refractivity contribution >= 4 is 29.4 Å². The van der Waals surface area contributed by atoms with Crippen LogP contribution in [0.15, 0.2) is 30.4 Å². The Morgan fingerprint density at radius 3 is 2.62 bits per heavy atom. The summed E-state index contributed by atoms with van der Waals surface area (Å²) < 4.78 is 28.1. The number of ether oxygens (including phenoxy) is 5. The SMILES string of the molecule is COCOc1cc(Cl)cc2c1C(=O)O[C@@H](C)[C@H](C)/C=C\C(=O)[C@H]1OC(C)(C)O[C@H]1CC=C2. The first kappa shape index (κ1) is 24.5. The van der Waals surface area contributed by atoms with Gasteiger partial charge in [-0.15, -0.1) is 0 Å². The van der Waals surface area contributed by atoms with Crippen LogP contribution in [0, 0.1) is 5.92 Å². The summed E-state index contributed by atoms with van der Waals surface area (Å²) in [5, 5.41) is 0.396. The van der Waals surface area contributed by atoms with Crippen LogP contribution in [0.2, 0.25) is 5.02 Å². The standard InChI is InChI=1S/C24H29ClO7/c1-14-9-10-18(26)22-19(31-24(3,4)32-22)8-6-7-16-11-17(25)12-20(29-13-28-5)21(16)23(27)30-15(14)2/h6-7,9-12,14-15,19,22H,8,13H2,1-5H3/b7-6?,10-9-/t14-,15+,19+,22-/m1/s1. The molecule has 2 aliphatic heterocycles. The van der Waals surface area contributed by atoms with E-state index in [0.717, 1.165) is 0 Å². The number of esters is 1. The average Bonchev–Trinajstić information content (AvgIpc) is 3.03. The Bertz CT molecular complexity index is 921. The second-order valence-electron chi connectivity index (χ2n) is 8.38. The fraction of sp³-hybridized carbons (Fsp3) is 0.500. The normalized spacial score (nSPS) is 28.9. The number of rotatable bonds is 3. The molecule has 1 aromatic rings. The number of carbonyl (C=O) groups is 2. The molecule has 0 unspecified atom stereocenters. The van der Waals surface area contributed by atoms with Crippen molar-refractivity contribution in [2.75, 3.05) is 13.9 Å². The van der Waals surface area contributed by atoms with Crippen LogP contribution in [0.4, 0.5) is 0 Å². The van der Waals surface area contributed by atoms with Gasteiger partial charge in [-0.1, -0.05) is 36.8 Å². The minimum atomic E-state index is -0.874. The molecular weight excluding hydrogens is 436 g/mol. The summed E-state index contributed by atoms with van der Waals surface area (Å²) in [4.78, 5) is 25.9. The summed E-state index contributed by atoms with van der Waals surface area (Å²) in [5.41, 5.74) is 0.779. The summed E-state index contributed by atoms with van der Waals surface area (Å²) >= 11 is 6.27. The predicted octanol–water partition coefficient (Wildman–Crippen LogP) is 4.57. The Morgan fingerprint density at radius 1 is 1.16 bits per heavy atom. The van der Waals surface area contributed by atoms with Gasteiger partial charge in [0, 0.05) is 18.1 Å². The van der Waals surface area contributed by atoms with Gasteiger partial charge in [0.2, 0.25) is 0 Å². The summed E-state index contributed by atoms with van der Waals surface area (Å²) in [6.07, 6.45) is 5.48. The Morgan fingerprint density at radius 2 is 1.91 bits per heavy atom. The van der Waals surface area contributed by atoms with Crippen molar-refractivity contribution in [3.8, 4) is 5.75 Å². The molecule has 3 rings (SSSR count). The van der Waals surface area contributed by atoms with Crippen molar-refractivity contribution in [3.63, 3.8) is 0 Å². The molecule has 0 saturated carbocycles. The Labute approximate surface area is 193 Å². The van der Waals surface area contributed by atoms with Crippen LogP contribution in [0.5, 0.6) is 5.75 Å². The number of hydrogen-bond donors (Lipinski definition) is 0. The van der Waals surface area contributed by atoms with Crippen LogP contribution in [0.25, 0.3) is 6.08 Å². The van der Waals surface area contributed by atoms with Gasteiger partial charge in [-0.2, -0.15) is 0 Å². The van der Waals surface area contributed by atoms with Gasteiger partial charge in [-0.05, 0) is 51.0 Å². The van der Waals surface area contributed by atoms with Crippen LogP contribution in [-0.4, -0.2) is 49.8 Å². The summed E-state index contributed by atoms with van der Waals surface area (Å²) in [6.45, 7) is 7.14. The maximum absolute atomic E-state index is 13.1. The highest BCUT2D eigenvalue weighted by Gasteiger charge is 2.43. The highest BCUT2D eigenvalue weighted by Crippen LogP contribution is 2.33. The highest BCUT2D eigenvalue weighted by molar-refractivity contribution is 6.31. The van der Waals surface area contributed by atoms with Gasteiger partial charge < -0.3 is 23.7 Å². The quantitative estimate of drug-likeness (QED) is 0.479. The molecule has 4 atom stereocenters. The number of cyclic esters (lactones) is 1. The smallest absolute Gasteiger partial charge is 0.342 e. The topological polar surface area (TPSA) is 80.3 Å². The van der Waals surface area contributed by atoms with E-state index in [4.69, 9.17) is 35.3 Å². The van der Waals surface area contributed by atoms with E-state index in [9.17, 15) is 9.59 Å². The van der Waals surface area contributed by atoms with E-state index in [1.807, 2.05) is 13.0 Å². The highest BCUT2D eigenvalue weighted by atomic mass is 35.5. The average molecular weight is 465 g/mol. The number of benzene rings is 1. The fourth-order valence-corrected chi connectivity index (χ4v) is 3.82. The lowest BCUT2D eigenvalue weighted by Gasteiger charge is -2.21. The minimum Gasteiger partial charge on any atom is -0.467 e. The molecule has 2 heterocycles. The number of ketones is 1. The molecule has 2 aliphatic rings. The zero-order chi connectivity index (χ0) is 23.5. The second-order valence-corrected chi connectivity index (χ2v) is 8.82. The molecule has 0 amide bonds. The van der Waals surface area contributed by atoms with Crippen molar-refractivity contribution in [2.45, 2.75) is 58.2 Å². The largest absolute Gasteiger partial charge is 0.467 e. The molecule has 7 nitrogen and oxygen atoms in total. The van der Waals surface area contributed by atoms with Crippen LogP contribution in [-0.2, 0) is 23.7 Å². The third kappa shape index (κ3) is 5.78. The maximum atomic E-state index is 13.1. The zero-order valence-electron chi connectivity index (χ0n) is 18.9. The molecule has 32 heavy (non-hydrogen) atoms. The van der Waals surface area contributed by atoms with Gasteiger partial charge in [-0.3, -0.25) is 4.79 Å². The maximum Gasteiger partial charge on any atom is 0.342 e. The van der Waals surface area contributed by atoms with Crippen LogP contribution in [0.1, 0.15) is 50.0 Å². The summed E-state index contributed by atoms with van der Waals surface area (Å²) in [5.74, 6) is -1.56. The number of methoxy groups -OCH3 is 1. The first-order chi connectivity index (χ1) is 15.1. The third-order valence-electron chi connectivity index (χ3n) is 5.36. The lowest BCUT2D eigenvalue weighted by Crippen LogP contribution is -2.30. The van der Waals surface area contributed by atoms with Gasteiger partial charge in [0.15, 0.2) is 18.4 Å². The molecule has 0 bridgehead atoms. The number of fused-ring (bicyclic) bond motifs is 2. The first-order valence-electron chi connectivity index (χ1n) is 10.5. The molecule has 0 aromatic heterocycles. The molecule has 0 N–H and O–H groups in total. The first-order valence-corrected chi connectivity index (χ1v) is 10.9. The number of hydrogen-bond acceptors (Lipinski definition) is 7. The molecule has 8 heteroatoms. The van der Waals surface area contributed by atoms with Crippen LogP contribution < -0.4 is 4.74 Å². The van der Waals surface area contributed by atoms with Gasteiger partial charge in [0.1, 0.15) is 23.5 Å². The molecule has 174 valence electrons. The molecule has 1 saturated heterocycles. The van der Waals surface area contributed by atoms with Crippen LogP contribution in [0.3, 0.4) is 0 Å². The zero-order valence-corrected chi connectivity index (χ0v) is 19.7. The lowest BCUT2D eigenvalue weighted by atomic mass is 10.00. The Balaban J connectivity index is 2.05. The van der Waals surface area contributed by atoms with Crippen molar-refractivity contribution in [3.05, 3.63) is 46.5 Å². The predicted molar refractivity (Wildman–Crippen MR) is 120 cm³/mol. The summed E-state index contributed by atoms with van der Waals surface area (Å²) in [6, 6.07) is 3.21. The second kappa shape index (κ2) is 10.2. The van der Waals surface area contributed by atoms with E-state index >= 15 is 0 Å². The van der Waals surface area contributed by atoms with Gasteiger partial charge in [-0.25, -0.2) is 4.79 Å². The molecule has 1 aromatic carbocycles. The van der Waals surface area contributed by atoms with Crippen molar-refractivity contribution < 1.29 is 33.3 Å². The minimum absolute atomic E-state index is 0.0510. The summed E-state index contributed by atoms with van der Waals surface area (Å²) in [7, 11) is 1.49. The van der Waals surface area contributed by atoms with E-state index in [1.165, 1.54) is 13.2 Å². The third-order valence-corrected chi connectivity index (χ3v) is 5.58. The van der Waals surface area contributed by atoms with Crippen LogP contribution >= 0.6 is 11.6 Å². The number of halogens is 1. The van der Waals surface area contributed by atoms with E-state index in [1.54, 1.807) is 45.1 Å². The Hall–Kier alpha value is -2.19. The van der Waals surface area contributed by atoms with E-state index < -0.39 is 30.1 Å². The number of carbonyl (C=O) groups excluding carboxylic acids is 2. The molecule has 1 fully saturated rings. The van der Waals surface area contributed by atoms with Crippen molar-refractivity contribution in [1.29, 1.82) is 0 Å². The molecule has 0 spiro atoms. The molecule has 0 radical (unpaired) electrons. The molecule has 0 aliphatic carbocycles. The van der Waals surface area contributed by atoms with Crippen molar-refractivity contribution in [1.82, 2.24) is 0 Å². The van der Waals surface area contributed by atoms with Crippen molar-refractivity contribution in [2.24, 2.45) is 5.92 Å². The van der Waals surface area contributed by atoms with Gasteiger partial charge in [0.25, 0.3) is 0 Å². The van der Waals surface area contributed by atoms with E-state index in [2.05, 4.69) is 0 Å². The van der Waals surface area contributed by atoms with E-state index in [-0.39, 0.29) is 29.8 Å². The van der Waals surface area contributed by atoms with E-state index in [0.29, 0.717) is 17.0 Å². The van der Waals surface area contributed by atoms with Gasteiger partial charge in [0.05, 0.1) is 6.10 Å². The molecular formula is C24H29ClO7.